The Morgan fingerprint density at radius 3 is 2.40 bits per heavy atom. The fraction of sp³-hybridized carbons (Fsp3) is 0.333. The highest BCUT2D eigenvalue weighted by molar-refractivity contribution is 5.95. The first-order valence-corrected chi connectivity index (χ1v) is 7.27. The van der Waals surface area contributed by atoms with Crippen LogP contribution in [0.5, 0.6) is 0 Å². The molecule has 2 aromatic heterocycles. The van der Waals surface area contributed by atoms with Crippen LogP contribution in [0.15, 0.2) is 45.6 Å². The minimum atomic E-state index is -5.14. The molecule has 0 saturated heterocycles. The smallest absolute Gasteiger partial charge is 0.463 e. The van der Waals surface area contributed by atoms with Crippen molar-refractivity contribution in [3.8, 4) is 0 Å². The molecule has 0 radical (unpaired) electrons. The van der Waals surface area contributed by atoms with Crippen LogP contribution in [0.2, 0.25) is 0 Å². The Balaban J connectivity index is 2.35. The third-order valence-corrected chi connectivity index (χ3v) is 3.29. The van der Waals surface area contributed by atoms with Gasteiger partial charge in [0.05, 0.1) is 19.1 Å². The topological polar surface area (TPSA) is 98.3 Å². The summed E-state index contributed by atoms with van der Waals surface area (Å²) in [4.78, 5) is 24.2. The quantitative estimate of drug-likeness (QED) is 0.570. The predicted octanol–water partition coefficient (Wildman–Crippen LogP) is 1.19. The number of nitrogens with two attached hydrogens (primary N) is 1. The minimum Gasteiger partial charge on any atom is -0.463 e. The number of amides is 1. The monoisotopic (exact) mass is 361 g/mol. The number of nitrogens with one attached hydrogen (secondary N) is 1. The van der Waals surface area contributed by atoms with Crippen molar-refractivity contribution >= 4 is 11.9 Å². The lowest BCUT2D eigenvalue weighted by atomic mass is 10.1. The van der Waals surface area contributed by atoms with E-state index in [1.165, 1.54) is 37.5 Å². The molecule has 136 valence electrons. The average Bonchev–Trinajstić information content (AvgIpc) is 3.23. The van der Waals surface area contributed by atoms with Gasteiger partial charge in [-0.15, -0.1) is 0 Å². The molecule has 0 saturated carbocycles. The van der Waals surface area contributed by atoms with Crippen LogP contribution in [0.3, 0.4) is 0 Å². The maximum Gasteiger partial charge on any atom is 0.478 e. The normalized spacial score (nSPS) is 13.9. The molecule has 7 nitrogen and oxygen atoms in total. The van der Waals surface area contributed by atoms with E-state index in [0.29, 0.717) is 5.32 Å². The van der Waals surface area contributed by atoms with E-state index in [4.69, 9.17) is 8.83 Å². The number of ether oxygens (including phenoxy) is 1. The molecule has 0 spiro atoms. The summed E-state index contributed by atoms with van der Waals surface area (Å²) < 4.78 is 55.6. The van der Waals surface area contributed by atoms with Gasteiger partial charge in [0.25, 0.3) is 5.91 Å². The summed E-state index contributed by atoms with van der Waals surface area (Å²) in [6.45, 7) is 0.714. The highest BCUT2D eigenvalue weighted by atomic mass is 19.4. The van der Waals surface area contributed by atoms with Crippen molar-refractivity contribution in [1.82, 2.24) is 5.32 Å². The number of esters is 1. The summed E-state index contributed by atoms with van der Waals surface area (Å²) in [5.41, 5.74) is -3.35. The van der Waals surface area contributed by atoms with Crippen molar-refractivity contribution in [2.75, 3.05) is 6.61 Å². The van der Waals surface area contributed by atoms with Crippen LogP contribution in [0, 0.1) is 0 Å². The van der Waals surface area contributed by atoms with E-state index in [-0.39, 0.29) is 24.7 Å². The molecule has 0 aliphatic heterocycles. The second-order valence-electron chi connectivity index (χ2n) is 4.95. The first-order chi connectivity index (χ1) is 11.8. The van der Waals surface area contributed by atoms with Crippen LogP contribution in [-0.2, 0) is 16.1 Å². The summed E-state index contributed by atoms with van der Waals surface area (Å²) in [6.07, 6.45) is -2.74. The first kappa shape index (κ1) is 18.6. The van der Waals surface area contributed by atoms with Crippen LogP contribution in [0.25, 0.3) is 0 Å². The van der Waals surface area contributed by atoms with Gasteiger partial charge in [-0.25, -0.2) is 4.79 Å². The summed E-state index contributed by atoms with van der Waals surface area (Å²) in [6, 6.07) is 5.44. The number of quaternary nitrogens is 1. The van der Waals surface area contributed by atoms with Crippen LogP contribution in [0.1, 0.15) is 23.2 Å². The second kappa shape index (κ2) is 7.43. The Hall–Kier alpha value is -2.75. The van der Waals surface area contributed by atoms with Crippen molar-refractivity contribution < 1.29 is 41.6 Å². The third-order valence-electron chi connectivity index (χ3n) is 3.29. The van der Waals surface area contributed by atoms with Crippen molar-refractivity contribution in [2.45, 2.75) is 25.3 Å². The van der Waals surface area contributed by atoms with Gasteiger partial charge in [0, 0.05) is 0 Å². The standard InChI is InChI=1S/C15H15F3N2O5/c1-2-23-13(22)14(15(16,17)18,19-9-10-5-3-7-24-10)20-12(21)11-6-4-8-25-11/h3-8,19H,2,9H2,1H3,(H,20,21)/p+1/t14-/m1/s1. The molecular weight excluding hydrogens is 345 g/mol. The molecule has 1 amide bonds. The van der Waals surface area contributed by atoms with E-state index < -0.39 is 23.7 Å². The zero-order valence-electron chi connectivity index (χ0n) is 13.1. The average molecular weight is 361 g/mol. The van der Waals surface area contributed by atoms with Gasteiger partial charge in [0.15, 0.2) is 11.5 Å². The van der Waals surface area contributed by atoms with E-state index in [1.807, 2.05) is 0 Å². The molecular formula is C15H16F3N2O5+. The van der Waals surface area contributed by atoms with Gasteiger partial charge < -0.3 is 18.9 Å². The van der Waals surface area contributed by atoms with Gasteiger partial charge in [0.2, 0.25) is 0 Å². The van der Waals surface area contributed by atoms with Gasteiger partial charge in [-0.3, -0.25) is 10.1 Å². The summed E-state index contributed by atoms with van der Waals surface area (Å²) >= 11 is 0. The number of carbonyl (C=O) groups is 2. The molecule has 3 N–H and O–H groups in total. The van der Waals surface area contributed by atoms with Crippen LogP contribution < -0.4 is 10.6 Å². The van der Waals surface area contributed by atoms with Crippen molar-refractivity contribution in [1.29, 1.82) is 0 Å². The Morgan fingerprint density at radius 1 is 1.20 bits per heavy atom. The molecule has 0 unspecified atom stereocenters. The SMILES string of the molecule is CCOC(=O)[C@](NC(=O)c1ccco1)([NH2+]Cc1ccco1)C(F)(F)F. The van der Waals surface area contributed by atoms with Crippen molar-refractivity contribution in [3.63, 3.8) is 0 Å². The molecule has 10 heteroatoms. The highest BCUT2D eigenvalue weighted by Crippen LogP contribution is 2.27. The molecule has 2 aromatic rings. The molecule has 0 aliphatic carbocycles. The highest BCUT2D eigenvalue weighted by Gasteiger charge is 2.67. The molecule has 0 aromatic carbocycles. The zero-order valence-corrected chi connectivity index (χ0v) is 13.1. The fourth-order valence-corrected chi connectivity index (χ4v) is 2.06. The maximum absolute atomic E-state index is 13.8. The Labute approximate surface area is 140 Å². The van der Waals surface area contributed by atoms with Gasteiger partial charge in [-0.1, -0.05) is 0 Å². The van der Waals surface area contributed by atoms with Crippen molar-refractivity contribution in [2.24, 2.45) is 0 Å². The van der Waals surface area contributed by atoms with Crippen LogP contribution in [0.4, 0.5) is 13.2 Å². The number of alkyl halides is 3. The summed E-state index contributed by atoms with van der Waals surface area (Å²) in [5.74, 6) is -3.03. The molecule has 0 aliphatic rings. The van der Waals surface area contributed by atoms with Crippen LogP contribution >= 0.6 is 0 Å². The van der Waals surface area contributed by atoms with E-state index in [0.717, 1.165) is 6.26 Å². The number of furan rings is 2. The lowest BCUT2D eigenvalue weighted by Gasteiger charge is -2.30. The Morgan fingerprint density at radius 2 is 1.88 bits per heavy atom. The maximum atomic E-state index is 13.8. The molecule has 0 fully saturated rings. The molecule has 25 heavy (non-hydrogen) atoms. The van der Waals surface area contributed by atoms with Gasteiger partial charge in [0.1, 0.15) is 6.54 Å². The Kier molecular flexibility index (Phi) is 5.52. The predicted molar refractivity (Wildman–Crippen MR) is 75.9 cm³/mol. The van der Waals surface area contributed by atoms with Gasteiger partial charge in [-0.05, 0) is 31.2 Å². The van der Waals surface area contributed by atoms with E-state index in [1.54, 1.807) is 5.32 Å². The molecule has 2 heterocycles. The van der Waals surface area contributed by atoms with Crippen molar-refractivity contribution in [3.05, 3.63) is 48.3 Å². The summed E-state index contributed by atoms with van der Waals surface area (Å²) in [5, 5.41) is 2.29. The number of carbonyl (C=O) groups excluding carboxylic acids is 2. The molecule has 1 atom stereocenters. The lowest BCUT2D eigenvalue weighted by molar-refractivity contribution is -0.758. The van der Waals surface area contributed by atoms with E-state index >= 15 is 0 Å². The minimum absolute atomic E-state index is 0.185. The third kappa shape index (κ3) is 4.02. The van der Waals surface area contributed by atoms with E-state index in [9.17, 15) is 22.8 Å². The number of hydrogen-bond acceptors (Lipinski definition) is 5. The van der Waals surface area contributed by atoms with Crippen LogP contribution in [-0.4, -0.2) is 30.3 Å². The lowest BCUT2D eigenvalue weighted by Crippen LogP contribution is -3.06. The zero-order chi connectivity index (χ0) is 18.5. The van der Waals surface area contributed by atoms with E-state index in [2.05, 4.69) is 4.74 Å². The summed E-state index contributed by atoms with van der Waals surface area (Å²) in [7, 11) is 0. The second-order valence-corrected chi connectivity index (χ2v) is 4.95. The van der Waals surface area contributed by atoms with Gasteiger partial charge in [-0.2, -0.15) is 13.2 Å². The fourth-order valence-electron chi connectivity index (χ4n) is 2.06. The van der Waals surface area contributed by atoms with Gasteiger partial charge >= 0.3 is 17.8 Å². The molecule has 0 bridgehead atoms. The Bertz CT molecular complexity index is 697. The number of hydrogen-bond donors (Lipinski definition) is 2. The number of halogens is 3. The largest absolute Gasteiger partial charge is 0.478 e. The molecule has 2 rings (SSSR count). The number of rotatable bonds is 7. The first-order valence-electron chi connectivity index (χ1n) is 7.27.